The van der Waals surface area contributed by atoms with Gasteiger partial charge in [-0.2, -0.15) is 0 Å². The molecule has 0 aromatic carbocycles. The molecule has 118 valence electrons. The molecule has 1 heterocycles. The van der Waals surface area contributed by atoms with Gasteiger partial charge in [-0.1, -0.05) is 13.8 Å². The second kappa shape index (κ2) is 9.34. The van der Waals surface area contributed by atoms with Gasteiger partial charge in [0, 0.05) is 37.6 Å². The van der Waals surface area contributed by atoms with Gasteiger partial charge in [-0.25, -0.2) is 0 Å². The highest BCUT2D eigenvalue weighted by molar-refractivity contribution is 5.93. The Hall–Kier alpha value is -1.62. The molecule has 0 radical (unpaired) electrons. The number of rotatable bonds is 9. The van der Waals surface area contributed by atoms with E-state index < -0.39 is 0 Å². The van der Waals surface area contributed by atoms with Gasteiger partial charge in [-0.15, -0.1) is 0 Å². The van der Waals surface area contributed by atoms with Crippen molar-refractivity contribution in [3.8, 4) is 0 Å². The van der Waals surface area contributed by atoms with Gasteiger partial charge in [-0.3, -0.25) is 9.78 Å². The second-order valence-electron chi connectivity index (χ2n) is 5.35. The topological polar surface area (TPSA) is 57.3 Å². The molecule has 1 amide bonds. The predicted molar refractivity (Wildman–Crippen MR) is 87.7 cm³/mol. The summed E-state index contributed by atoms with van der Waals surface area (Å²) in [6.07, 6.45) is 3.82. The number of likely N-dealkylation sites (N-methyl/N-ethyl adjacent to an activating group) is 1. The molecule has 1 unspecified atom stereocenters. The van der Waals surface area contributed by atoms with Crippen molar-refractivity contribution in [1.82, 2.24) is 15.2 Å². The van der Waals surface area contributed by atoms with Crippen LogP contribution in [0, 0.1) is 0 Å². The van der Waals surface area contributed by atoms with E-state index in [-0.39, 0.29) is 5.91 Å². The van der Waals surface area contributed by atoms with E-state index in [1.165, 1.54) is 0 Å². The summed E-state index contributed by atoms with van der Waals surface area (Å²) in [6.45, 7) is 8.83. The molecule has 0 bridgehead atoms. The van der Waals surface area contributed by atoms with Crippen LogP contribution in [0.15, 0.2) is 18.3 Å². The van der Waals surface area contributed by atoms with Gasteiger partial charge >= 0.3 is 0 Å². The number of pyridine rings is 1. The standard InChI is InChI=1S/C16H28N4O/c1-5-8-17-14-7-9-18-15(12-14)16(21)19-10-11-20(4)13(3)6-2/h7,9,12-13H,5-6,8,10-11H2,1-4H3,(H,17,18)(H,19,21). The fraction of sp³-hybridized carbons (Fsp3) is 0.625. The molecule has 0 aliphatic carbocycles. The van der Waals surface area contributed by atoms with Crippen LogP contribution in [-0.4, -0.2) is 48.5 Å². The van der Waals surface area contributed by atoms with Gasteiger partial charge in [0.15, 0.2) is 0 Å². The van der Waals surface area contributed by atoms with E-state index in [0.29, 0.717) is 18.3 Å². The molecule has 0 saturated heterocycles. The van der Waals surface area contributed by atoms with Gasteiger partial charge in [0.25, 0.3) is 5.91 Å². The Morgan fingerprint density at radius 1 is 1.38 bits per heavy atom. The van der Waals surface area contributed by atoms with E-state index in [0.717, 1.165) is 31.6 Å². The van der Waals surface area contributed by atoms with Gasteiger partial charge < -0.3 is 15.5 Å². The third kappa shape index (κ3) is 6.12. The van der Waals surface area contributed by atoms with E-state index in [4.69, 9.17) is 0 Å². The highest BCUT2D eigenvalue weighted by Crippen LogP contribution is 2.07. The van der Waals surface area contributed by atoms with Crippen molar-refractivity contribution in [2.24, 2.45) is 0 Å². The van der Waals surface area contributed by atoms with Crippen LogP contribution in [0.4, 0.5) is 5.69 Å². The monoisotopic (exact) mass is 292 g/mol. The maximum Gasteiger partial charge on any atom is 0.269 e. The zero-order valence-corrected chi connectivity index (χ0v) is 13.6. The Bertz CT molecular complexity index is 436. The van der Waals surface area contributed by atoms with Gasteiger partial charge in [0.1, 0.15) is 5.69 Å². The third-order valence-corrected chi connectivity index (χ3v) is 3.67. The van der Waals surface area contributed by atoms with E-state index in [1.807, 2.05) is 6.07 Å². The minimum Gasteiger partial charge on any atom is -0.385 e. The number of nitrogens with one attached hydrogen (secondary N) is 2. The van der Waals surface area contributed by atoms with Gasteiger partial charge in [0.05, 0.1) is 0 Å². The maximum atomic E-state index is 12.1. The van der Waals surface area contributed by atoms with Gasteiger partial charge in [0.2, 0.25) is 0 Å². The summed E-state index contributed by atoms with van der Waals surface area (Å²) in [5, 5.41) is 6.18. The minimum atomic E-state index is -0.118. The number of hydrogen-bond donors (Lipinski definition) is 2. The SMILES string of the molecule is CCCNc1ccnc(C(=O)NCCN(C)C(C)CC)c1. The molecule has 21 heavy (non-hydrogen) atoms. The molecule has 1 rings (SSSR count). The minimum absolute atomic E-state index is 0.118. The van der Waals surface area contributed by atoms with E-state index >= 15 is 0 Å². The smallest absolute Gasteiger partial charge is 0.269 e. The Labute approximate surface area is 128 Å². The zero-order chi connectivity index (χ0) is 15.7. The Balaban J connectivity index is 2.44. The van der Waals surface area contributed by atoms with E-state index in [1.54, 1.807) is 12.3 Å². The van der Waals surface area contributed by atoms with Crippen LogP contribution >= 0.6 is 0 Å². The molecular formula is C16H28N4O. The normalized spacial score (nSPS) is 12.2. The van der Waals surface area contributed by atoms with Crippen molar-refractivity contribution >= 4 is 11.6 Å². The lowest BCUT2D eigenvalue weighted by atomic mass is 10.2. The van der Waals surface area contributed by atoms with Crippen molar-refractivity contribution in [1.29, 1.82) is 0 Å². The van der Waals surface area contributed by atoms with Crippen molar-refractivity contribution in [3.05, 3.63) is 24.0 Å². The summed E-state index contributed by atoms with van der Waals surface area (Å²) in [4.78, 5) is 18.4. The average Bonchev–Trinajstić information content (AvgIpc) is 2.52. The Morgan fingerprint density at radius 3 is 2.81 bits per heavy atom. The van der Waals surface area contributed by atoms with E-state index in [2.05, 4.69) is 48.3 Å². The lowest BCUT2D eigenvalue weighted by molar-refractivity contribution is 0.0942. The molecule has 0 saturated carbocycles. The zero-order valence-electron chi connectivity index (χ0n) is 13.6. The number of carbonyl (C=O) groups is 1. The Kier molecular flexibility index (Phi) is 7.75. The summed E-state index contributed by atoms with van der Waals surface area (Å²) < 4.78 is 0. The quantitative estimate of drug-likeness (QED) is 0.733. The third-order valence-electron chi connectivity index (χ3n) is 3.67. The van der Waals surface area contributed by atoms with Crippen LogP contribution < -0.4 is 10.6 Å². The first kappa shape index (κ1) is 17.4. The van der Waals surface area contributed by atoms with Crippen molar-refractivity contribution in [2.75, 3.05) is 32.0 Å². The van der Waals surface area contributed by atoms with Crippen molar-refractivity contribution in [2.45, 2.75) is 39.7 Å². The summed E-state index contributed by atoms with van der Waals surface area (Å²) in [5.74, 6) is -0.118. The molecule has 1 aromatic heterocycles. The summed E-state index contributed by atoms with van der Waals surface area (Å²) in [6, 6.07) is 4.20. The number of hydrogen-bond acceptors (Lipinski definition) is 4. The number of amides is 1. The van der Waals surface area contributed by atoms with E-state index in [9.17, 15) is 4.79 Å². The molecule has 0 spiro atoms. The highest BCUT2D eigenvalue weighted by atomic mass is 16.1. The van der Waals surface area contributed by atoms with Crippen LogP contribution in [0.3, 0.4) is 0 Å². The lowest BCUT2D eigenvalue weighted by Crippen LogP contribution is -2.37. The molecule has 1 aromatic rings. The second-order valence-corrected chi connectivity index (χ2v) is 5.35. The summed E-state index contributed by atoms with van der Waals surface area (Å²) in [7, 11) is 2.08. The first-order chi connectivity index (χ1) is 10.1. The predicted octanol–water partition coefficient (Wildman–Crippen LogP) is 2.36. The highest BCUT2D eigenvalue weighted by Gasteiger charge is 2.09. The first-order valence-corrected chi connectivity index (χ1v) is 7.76. The first-order valence-electron chi connectivity index (χ1n) is 7.76. The number of anilines is 1. The molecule has 1 atom stereocenters. The van der Waals surface area contributed by atoms with Crippen LogP contribution in [0.1, 0.15) is 44.1 Å². The molecule has 2 N–H and O–H groups in total. The lowest BCUT2D eigenvalue weighted by Gasteiger charge is -2.23. The molecule has 0 aliphatic rings. The van der Waals surface area contributed by atoms with Crippen LogP contribution in [0.2, 0.25) is 0 Å². The summed E-state index contributed by atoms with van der Waals surface area (Å²) >= 11 is 0. The average molecular weight is 292 g/mol. The molecule has 0 aliphatic heterocycles. The molecule has 5 nitrogen and oxygen atoms in total. The van der Waals surface area contributed by atoms with Crippen molar-refractivity contribution in [3.63, 3.8) is 0 Å². The fourth-order valence-electron chi connectivity index (χ4n) is 1.90. The number of nitrogens with zero attached hydrogens (tertiary/aromatic N) is 2. The van der Waals surface area contributed by atoms with Crippen LogP contribution in [-0.2, 0) is 0 Å². The summed E-state index contributed by atoms with van der Waals surface area (Å²) in [5.41, 5.74) is 1.40. The molecular weight excluding hydrogens is 264 g/mol. The van der Waals surface area contributed by atoms with Crippen LogP contribution in [0.25, 0.3) is 0 Å². The number of carbonyl (C=O) groups excluding carboxylic acids is 1. The fourth-order valence-corrected chi connectivity index (χ4v) is 1.90. The number of aromatic nitrogens is 1. The van der Waals surface area contributed by atoms with Crippen LogP contribution in [0.5, 0.6) is 0 Å². The van der Waals surface area contributed by atoms with Crippen molar-refractivity contribution < 1.29 is 4.79 Å². The molecule has 5 heteroatoms. The maximum absolute atomic E-state index is 12.1. The largest absolute Gasteiger partial charge is 0.385 e. The molecule has 0 fully saturated rings. The van der Waals surface area contributed by atoms with Gasteiger partial charge in [-0.05, 0) is 38.9 Å². The Morgan fingerprint density at radius 2 is 2.14 bits per heavy atom.